The summed E-state index contributed by atoms with van der Waals surface area (Å²) in [6, 6.07) is 0. The van der Waals surface area contributed by atoms with E-state index in [-0.39, 0.29) is 12.7 Å². The van der Waals surface area contributed by atoms with Crippen LogP contribution in [0.5, 0.6) is 0 Å². The average molecular weight is 709 g/mol. The molecule has 0 heterocycles. The van der Waals surface area contributed by atoms with Crippen LogP contribution in [0.3, 0.4) is 0 Å². The van der Waals surface area contributed by atoms with E-state index in [2.05, 4.69) is 52.2 Å². The van der Waals surface area contributed by atoms with E-state index < -0.39 is 0 Å². The van der Waals surface area contributed by atoms with Gasteiger partial charge in [0.15, 0.2) is 0 Å². The Balaban J connectivity index is 4.00. The molecule has 0 spiro atoms. The molecule has 0 saturated heterocycles. The van der Waals surface area contributed by atoms with Crippen molar-refractivity contribution >= 4 is 0 Å². The number of allylic oxidation sites excluding steroid dienone is 4. The second kappa shape index (κ2) is 41.0. The minimum absolute atomic E-state index is 0.0834. The summed E-state index contributed by atoms with van der Waals surface area (Å²) in [6.07, 6.45) is 47.0. The second-order valence-electron chi connectivity index (χ2n) is 15.6. The topological polar surface area (TPSA) is 47.9 Å². The molecule has 298 valence electrons. The molecule has 5 heteroatoms. The third-order valence-corrected chi connectivity index (χ3v) is 9.89. The Morgan fingerprint density at radius 2 is 0.860 bits per heavy atom. The number of quaternary nitrogens is 1. The highest BCUT2D eigenvalue weighted by Gasteiger charge is 2.23. The van der Waals surface area contributed by atoms with Crippen molar-refractivity contribution in [3.63, 3.8) is 0 Å². The molecule has 1 atom stereocenters. The highest BCUT2D eigenvalue weighted by atomic mass is 16.5. The molecular weight excluding hydrogens is 618 g/mol. The van der Waals surface area contributed by atoms with E-state index in [1.165, 1.54) is 167 Å². The molecule has 0 aliphatic heterocycles. The maximum atomic E-state index is 9.02. The van der Waals surface area contributed by atoms with Crippen molar-refractivity contribution in [3.05, 3.63) is 24.3 Å². The van der Waals surface area contributed by atoms with Gasteiger partial charge in [-0.1, -0.05) is 154 Å². The molecule has 0 aromatic rings. The van der Waals surface area contributed by atoms with Gasteiger partial charge in [0.25, 0.3) is 0 Å². The number of ether oxygens (including phenoxy) is 3. The molecule has 0 rings (SSSR count). The van der Waals surface area contributed by atoms with E-state index in [1.54, 1.807) is 0 Å². The zero-order valence-electron chi connectivity index (χ0n) is 34.5. The number of hydrogen-bond acceptors (Lipinski definition) is 4. The van der Waals surface area contributed by atoms with Gasteiger partial charge in [-0.25, -0.2) is 0 Å². The minimum atomic E-state index is 0.0834. The average Bonchev–Trinajstić information content (AvgIpc) is 3.10. The summed E-state index contributed by atoms with van der Waals surface area (Å²) in [6.45, 7) is 9.89. The Morgan fingerprint density at radius 3 is 1.30 bits per heavy atom. The summed E-state index contributed by atoms with van der Waals surface area (Å²) in [5, 5.41) is 9.02. The fraction of sp³-hybridized carbons (Fsp3) is 0.911. The first-order chi connectivity index (χ1) is 24.6. The van der Waals surface area contributed by atoms with Crippen LogP contribution in [0.1, 0.15) is 194 Å². The number of unbranched alkanes of at least 4 members (excludes halogenated alkanes) is 24. The molecule has 0 radical (unpaired) electrons. The summed E-state index contributed by atoms with van der Waals surface area (Å²) < 4.78 is 19.0. The second-order valence-corrected chi connectivity index (χ2v) is 15.6. The SMILES string of the molecule is CCCCCCCC/C=C\CCCCCCCCOCC(C[N+](C)(C)CCOCCO)OCCCCCCCC/C=C\CCCCCCCC. The number of aliphatic hydroxyl groups is 1. The van der Waals surface area contributed by atoms with E-state index in [1.807, 2.05) is 0 Å². The van der Waals surface area contributed by atoms with Crippen LogP contribution in [0.4, 0.5) is 0 Å². The highest BCUT2D eigenvalue weighted by Crippen LogP contribution is 2.13. The zero-order valence-corrected chi connectivity index (χ0v) is 34.5. The van der Waals surface area contributed by atoms with E-state index in [0.717, 1.165) is 43.6 Å². The number of hydrogen-bond donors (Lipinski definition) is 1. The van der Waals surface area contributed by atoms with Crippen LogP contribution in [0.2, 0.25) is 0 Å². The van der Waals surface area contributed by atoms with Crippen molar-refractivity contribution in [2.45, 2.75) is 200 Å². The van der Waals surface area contributed by atoms with Gasteiger partial charge < -0.3 is 23.8 Å². The van der Waals surface area contributed by atoms with Crippen molar-refractivity contribution in [1.29, 1.82) is 0 Å². The summed E-state index contributed by atoms with van der Waals surface area (Å²) in [5.41, 5.74) is 0. The predicted molar refractivity (Wildman–Crippen MR) is 219 cm³/mol. The Morgan fingerprint density at radius 1 is 0.460 bits per heavy atom. The van der Waals surface area contributed by atoms with Gasteiger partial charge in [-0.3, -0.25) is 0 Å². The quantitative estimate of drug-likeness (QED) is 0.0390. The monoisotopic (exact) mass is 709 g/mol. The summed E-state index contributed by atoms with van der Waals surface area (Å²) in [4.78, 5) is 0. The molecule has 0 aliphatic rings. The fourth-order valence-electron chi connectivity index (χ4n) is 6.54. The molecular formula is C45H90NO4+. The van der Waals surface area contributed by atoms with Gasteiger partial charge in [0.1, 0.15) is 19.2 Å². The summed E-state index contributed by atoms with van der Waals surface area (Å²) in [7, 11) is 4.49. The molecule has 1 unspecified atom stereocenters. The molecule has 0 aliphatic carbocycles. The van der Waals surface area contributed by atoms with Crippen LogP contribution < -0.4 is 0 Å². The normalized spacial score (nSPS) is 13.0. The van der Waals surface area contributed by atoms with Crippen molar-refractivity contribution in [2.24, 2.45) is 0 Å². The molecule has 50 heavy (non-hydrogen) atoms. The minimum Gasteiger partial charge on any atom is -0.394 e. The van der Waals surface area contributed by atoms with Crippen LogP contribution in [0.15, 0.2) is 24.3 Å². The first-order valence-electron chi connectivity index (χ1n) is 22.1. The zero-order chi connectivity index (χ0) is 36.5. The maximum absolute atomic E-state index is 9.02. The molecule has 0 aromatic carbocycles. The Hall–Kier alpha value is -0.720. The van der Waals surface area contributed by atoms with Crippen molar-refractivity contribution in [1.82, 2.24) is 0 Å². The van der Waals surface area contributed by atoms with Crippen LogP contribution in [-0.2, 0) is 14.2 Å². The predicted octanol–water partition coefficient (Wildman–Crippen LogP) is 12.5. The number of aliphatic hydroxyl groups excluding tert-OH is 1. The standard InChI is InChI=1S/C45H90NO4/c1-5-7-9-11-13-15-17-19-21-23-25-27-29-31-33-35-39-49-44-45(43-46(3,4)37-41-48-42-38-47)50-40-36-34-32-30-28-26-24-22-20-18-16-14-12-10-8-6-2/h19-22,45,47H,5-18,23-44H2,1-4H3/q+1/b21-19-,22-20-. The van der Waals surface area contributed by atoms with Gasteiger partial charge >= 0.3 is 0 Å². The first kappa shape index (κ1) is 49.3. The Labute approximate surface area is 314 Å². The molecule has 1 N–H and O–H groups in total. The largest absolute Gasteiger partial charge is 0.394 e. The number of nitrogens with zero attached hydrogens (tertiary/aromatic N) is 1. The lowest BCUT2D eigenvalue weighted by Crippen LogP contribution is -2.49. The lowest BCUT2D eigenvalue weighted by Gasteiger charge is -2.33. The van der Waals surface area contributed by atoms with Gasteiger partial charge in [0, 0.05) is 13.2 Å². The van der Waals surface area contributed by atoms with Gasteiger partial charge in [-0.15, -0.1) is 0 Å². The summed E-state index contributed by atoms with van der Waals surface area (Å²) in [5.74, 6) is 0. The van der Waals surface area contributed by atoms with Crippen LogP contribution in [0, 0.1) is 0 Å². The molecule has 0 fully saturated rings. The third kappa shape index (κ3) is 40.1. The lowest BCUT2D eigenvalue weighted by atomic mass is 10.1. The van der Waals surface area contributed by atoms with Crippen LogP contribution in [0.25, 0.3) is 0 Å². The maximum Gasteiger partial charge on any atom is 0.130 e. The van der Waals surface area contributed by atoms with E-state index in [4.69, 9.17) is 19.3 Å². The molecule has 0 bridgehead atoms. The van der Waals surface area contributed by atoms with Gasteiger partial charge in [0.2, 0.25) is 0 Å². The molecule has 0 saturated carbocycles. The smallest absolute Gasteiger partial charge is 0.130 e. The van der Waals surface area contributed by atoms with Crippen molar-refractivity contribution in [3.8, 4) is 0 Å². The third-order valence-electron chi connectivity index (χ3n) is 9.89. The van der Waals surface area contributed by atoms with Crippen molar-refractivity contribution in [2.75, 3.05) is 66.8 Å². The Kier molecular flexibility index (Phi) is 40.5. The van der Waals surface area contributed by atoms with E-state index in [0.29, 0.717) is 19.8 Å². The summed E-state index contributed by atoms with van der Waals surface area (Å²) >= 11 is 0. The van der Waals surface area contributed by atoms with E-state index >= 15 is 0 Å². The first-order valence-corrected chi connectivity index (χ1v) is 22.1. The number of likely N-dealkylation sites (N-methyl/N-ethyl adjacent to an activating group) is 1. The van der Waals surface area contributed by atoms with E-state index in [9.17, 15) is 0 Å². The molecule has 0 amide bonds. The number of rotatable bonds is 42. The van der Waals surface area contributed by atoms with Crippen LogP contribution in [-0.4, -0.2) is 82.5 Å². The Bertz CT molecular complexity index is 695. The fourth-order valence-corrected chi connectivity index (χ4v) is 6.54. The lowest BCUT2D eigenvalue weighted by molar-refractivity contribution is -0.894. The highest BCUT2D eigenvalue weighted by molar-refractivity contribution is 4.82. The van der Waals surface area contributed by atoms with Gasteiger partial charge in [-0.05, 0) is 64.2 Å². The van der Waals surface area contributed by atoms with Gasteiger partial charge in [0.05, 0.1) is 40.5 Å². The molecule has 0 aromatic heterocycles. The van der Waals surface area contributed by atoms with Crippen molar-refractivity contribution < 1.29 is 23.8 Å². The molecule has 5 nitrogen and oxygen atoms in total. The van der Waals surface area contributed by atoms with Gasteiger partial charge in [-0.2, -0.15) is 0 Å². The van der Waals surface area contributed by atoms with Crippen LogP contribution >= 0.6 is 0 Å².